The zero-order valence-corrected chi connectivity index (χ0v) is 17.4. The molecule has 5 nitrogen and oxygen atoms in total. The summed E-state index contributed by atoms with van der Waals surface area (Å²) in [5.41, 5.74) is 4.52. The van der Waals surface area contributed by atoms with Crippen molar-refractivity contribution in [2.45, 2.75) is 32.9 Å². The minimum atomic E-state index is -0.414. The normalized spacial score (nSPS) is 12.4. The quantitative estimate of drug-likeness (QED) is 0.619. The molecule has 6 heteroatoms. The molecule has 0 aliphatic heterocycles. The average molecular weight is 397 g/mol. The van der Waals surface area contributed by atoms with E-state index >= 15 is 0 Å². The standard InChI is InChI=1S/C23H28FN3O2/c1-16-7-5-6-8-21(16)27-15-19(14-26(3)17(2)11-12-28)23(25-27)18-9-10-22(29-4)20(24)13-18/h5-10,13,15,17,28H,11-12,14H2,1-4H3/t17-/m0/s1. The van der Waals surface area contributed by atoms with E-state index in [-0.39, 0.29) is 18.4 Å². The number of hydrogen-bond donors (Lipinski definition) is 1. The van der Waals surface area contributed by atoms with E-state index in [0.717, 1.165) is 22.5 Å². The van der Waals surface area contributed by atoms with Crippen molar-refractivity contribution in [2.24, 2.45) is 0 Å². The Kier molecular flexibility index (Phi) is 6.67. The van der Waals surface area contributed by atoms with E-state index < -0.39 is 5.82 Å². The Morgan fingerprint density at radius 2 is 2.00 bits per heavy atom. The summed E-state index contributed by atoms with van der Waals surface area (Å²) in [6, 6.07) is 13.2. The Morgan fingerprint density at radius 1 is 1.24 bits per heavy atom. The molecule has 0 aliphatic carbocycles. The lowest BCUT2D eigenvalue weighted by atomic mass is 10.1. The number of aliphatic hydroxyl groups excluding tert-OH is 1. The number of benzene rings is 2. The zero-order chi connectivity index (χ0) is 21.0. The third-order valence-electron chi connectivity index (χ3n) is 5.30. The topological polar surface area (TPSA) is 50.5 Å². The summed E-state index contributed by atoms with van der Waals surface area (Å²) >= 11 is 0. The van der Waals surface area contributed by atoms with Gasteiger partial charge < -0.3 is 9.84 Å². The van der Waals surface area contributed by atoms with Gasteiger partial charge in [0, 0.05) is 36.5 Å². The van der Waals surface area contributed by atoms with Gasteiger partial charge in [0.1, 0.15) is 0 Å². The van der Waals surface area contributed by atoms with Gasteiger partial charge in [-0.2, -0.15) is 5.10 Å². The summed E-state index contributed by atoms with van der Waals surface area (Å²) < 4.78 is 21.3. The number of ether oxygens (including phenoxy) is 1. The number of aliphatic hydroxyl groups is 1. The largest absolute Gasteiger partial charge is 0.494 e. The van der Waals surface area contributed by atoms with Crippen LogP contribution in [0.1, 0.15) is 24.5 Å². The second kappa shape index (κ2) is 9.20. The van der Waals surface area contributed by atoms with Crippen molar-refractivity contribution >= 4 is 0 Å². The summed E-state index contributed by atoms with van der Waals surface area (Å²) in [6.07, 6.45) is 2.69. The predicted octanol–water partition coefficient (Wildman–Crippen LogP) is 4.20. The fourth-order valence-electron chi connectivity index (χ4n) is 3.36. The monoisotopic (exact) mass is 397 g/mol. The van der Waals surface area contributed by atoms with Gasteiger partial charge in [-0.25, -0.2) is 9.07 Å². The van der Waals surface area contributed by atoms with Gasteiger partial charge in [0.15, 0.2) is 11.6 Å². The predicted molar refractivity (Wildman–Crippen MR) is 113 cm³/mol. The Morgan fingerprint density at radius 3 is 2.66 bits per heavy atom. The van der Waals surface area contributed by atoms with Crippen molar-refractivity contribution in [3.05, 3.63) is 65.6 Å². The third kappa shape index (κ3) is 4.66. The Bertz CT molecular complexity index is 971. The molecule has 0 saturated heterocycles. The Balaban J connectivity index is 2.05. The number of rotatable bonds is 8. The molecule has 0 spiro atoms. The van der Waals surface area contributed by atoms with Crippen LogP contribution >= 0.6 is 0 Å². The van der Waals surface area contributed by atoms with Crippen LogP contribution in [0, 0.1) is 12.7 Å². The Labute approximate surface area is 171 Å². The van der Waals surface area contributed by atoms with Gasteiger partial charge >= 0.3 is 0 Å². The molecule has 0 radical (unpaired) electrons. The van der Waals surface area contributed by atoms with Crippen LogP contribution in [0.15, 0.2) is 48.7 Å². The summed E-state index contributed by atoms with van der Waals surface area (Å²) in [5, 5.41) is 14.1. The van der Waals surface area contributed by atoms with Crippen LogP contribution in [-0.2, 0) is 6.54 Å². The van der Waals surface area contributed by atoms with E-state index in [1.807, 2.05) is 55.2 Å². The van der Waals surface area contributed by atoms with Gasteiger partial charge in [-0.05, 0) is 57.1 Å². The highest BCUT2D eigenvalue weighted by atomic mass is 19.1. The van der Waals surface area contributed by atoms with Crippen molar-refractivity contribution < 1.29 is 14.2 Å². The Hall–Kier alpha value is -2.70. The first kappa shape index (κ1) is 21.0. The summed E-state index contributed by atoms with van der Waals surface area (Å²) in [4.78, 5) is 2.17. The van der Waals surface area contributed by atoms with Gasteiger partial charge in [0.2, 0.25) is 0 Å². The molecule has 1 heterocycles. The lowest BCUT2D eigenvalue weighted by Gasteiger charge is -2.23. The molecule has 3 aromatic rings. The van der Waals surface area contributed by atoms with E-state index in [1.54, 1.807) is 6.07 Å². The molecule has 1 N–H and O–H groups in total. The zero-order valence-electron chi connectivity index (χ0n) is 17.4. The first-order chi connectivity index (χ1) is 13.9. The van der Waals surface area contributed by atoms with E-state index in [2.05, 4.69) is 11.8 Å². The lowest BCUT2D eigenvalue weighted by molar-refractivity contribution is 0.191. The van der Waals surface area contributed by atoms with Crippen molar-refractivity contribution in [3.8, 4) is 22.7 Å². The second-order valence-corrected chi connectivity index (χ2v) is 7.36. The fraction of sp³-hybridized carbons (Fsp3) is 0.348. The highest BCUT2D eigenvalue weighted by Gasteiger charge is 2.18. The molecule has 0 unspecified atom stereocenters. The van der Waals surface area contributed by atoms with Crippen LogP contribution in [0.25, 0.3) is 16.9 Å². The molecular formula is C23H28FN3O2. The number of aryl methyl sites for hydroxylation is 1. The highest BCUT2D eigenvalue weighted by molar-refractivity contribution is 5.64. The van der Waals surface area contributed by atoms with Gasteiger partial charge in [0.05, 0.1) is 18.5 Å². The molecule has 0 saturated carbocycles. The number of hydrogen-bond acceptors (Lipinski definition) is 4. The smallest absolute Gasteiger partial charge is 0.165 e. The van der Waals surface area contributed by atoms with Gasteiger partial charge in [0.25, 0.3) is 0 Å². The third-order valence-corrected chi connectivity index (χ3v) is 5.30. The molecule has 3 rings (SSSR count). The molecule has 2 aromatic carbocycles. The van der Waals surface area contributed by atoms with E-state index in [1.165, 1.54) is 13.2 Å². The molecule has 29 heavy (non-hydrogen) atoms. The van der Waals surface area contributed by atoms with Crippen LogP contribution < -0.4 is 4.74 Å². The van der Waals surface area contributed by atoms with Gasteiger partial charge in [-0.15, -0.1) is 0 Å². The number of nitrogens with zero attached hydrogens (tertiary/aromatic N) is 3. The van der Waals surface area contributed by atoms with Crippen molar-refractivity contribution in [1.82, 2.24) is 14.7 Å². The minimum Gasteiger partial charge on any atom is -0.494 e. The SMILES string of the molecule is COc1ccc(-c2nn(-c3ccccc3C)cc2CN(C)[C@@H](C)CCO)cc1F. The molecule has 1 aromatic heterocycles. The average Bonchev–Trinajstić information content (AvgIpc) is 3.11. The van der Waals surface area contributed by atoms with Crippen LogP contribution in [-0.4, -0.2) is 46.6 Å². The number of aromatic nitrogens is 2. The molecule has 154 valence electrons. The number of methoxy groups -OCH3 is 1. The van der Waals surface area contributed by atoms with Gasteiger partial charge in [-0.3, -0.25) is 4.90 Å². The lowest BCUT2D eigenvalue weighted by Crippen LogP contribution is -2.29. The van der Waals surface area contributed by atoms with Crippen LogP contribution in [0.3, 0.4) is 0 Å². The van der Waals surface area contributed by atoms with E-state index in [4.69, 9.17) is 9.84 Å². The summed E-state index contributed by atoms with van der Waals surface area (Å²) in [5.74, 6) is -0.203. The van der Waals surface area contributed by atoms with Crippen LogP contribution in [0.5, 0.6) is 5.75 Å². The first-order valence-electron chi connectivity index (χ1n) is 9.74. The summed E-state index contributed by atoms with van der Waals surface area (Å²) in [6.45, 7) is 4.90. The number of halogens is 1. The fourth-order valence-corrected chi connectivity index (χ4v) is 3.36. The molecule has 0 bridgehead atoms. The summed E-state index contributed by atoms with van der Waals surface area (Å²) in [7, 11) is 3.47. The van der Waals surface area contributed by atoms with E-state index in [0.29, 0.717) is 18.5 Å². The molecule has 0 amide bonds. The molecule has 0 fully saturated rings. The van der Waals surface area contributed by atoms with Gasteiger partial charge in [-0.1, -0.05) is 18.2 Å². The van der Waals surface area contributed by atoms with Crippen molar-refractivity contribution in [2.75, 3.05) is 20.8 Å². The maximum atomic E-state index is 14.4. The molecule has 1 atom stereocenters. The van der Waals surface area contributed by atoms with Crippen LogP contribution in [0.4, 0.5) is 4.39 Å². The second-order valence-electron chi connectivity index (χ2n) is 7.36. The van der Waals surface area contributed by atoms with Crippen molar-refractivity contribution in [3.63, 3.8) is 0 Å². The first-order valence-corrected chi connectivity index (χ1v) is 9.74. The van der Waals surface area contributed by atoms with Crippen molar-refractivity contribution in [1.29, 1.82) is 0 Å². The van der Waals surface area contributed by atoms with Crippen LogP contribution in [0.2, 0.25) is 0 Å². The highest BCUT2D eigenvalue weighted by Crippen LogP contribution is 2.29. The minimum absolute atomic E-state index is 0.143. The maximum Gasteiger partial charge on any atom is 0.165 e. The van der Waals surface area contributed by atoms with E-state index in [9.17, 15) is 9.50 Å². The maximum absolute atomic E-state index is 14.4. The molecular weight excluding hydrogens is 369 g/mol. The molecule has 0 aliphatic rings. The number of para-hydroxylation sites is 1.